The highest BCUT2D eigenvalue weighted by Crippen LogP contribution is 2.29. The molecule has 0 saturated heterocycles. The van der Waals surface area contributed by atoms with E-state index in [1.807, 2.05) is 0 Å². The first-order valence-electron chi connectivity index (χ1n) is 6.28. The quantitative estimate of drug-likeness (QED) is 0.795. The molecule has 6 heteroatoms. The first-order valence-corrected chi connectivity index (χ1v) is 9.09. The molecule has 0 spiro atoms. The molecule has 1 rings (SSSR count). The van der Waals surface area contributed by atoms with E-state index >= 15 is 0 Å². The van der Waals surface area contributed by atoms with E-state index in [-0.39, 0.29) is 0 Å². The molecule has 0 heterocycles. The minimum atomic E-state index is -3.39. The van der Waals surface area contributed by atoms with Gasteiger partial charge in [-0.05, 0) is 32.6 Å². The third-order valence-electron chi connectivity index (χ3n) is 3.81. The molecule has 106 valence electrons. The van der Waals surface area contributed by atoms with Crippen molar-refractivity contribution in [3.05, 3.63) is 0 Å². The lowest BCUT2D eigenvalue weighted by Gasteiger charge is -2.29. The van der Waals surface area contributed by atoms with Crippen molar-refractivity contribution < 1.29 is 13.2 Å². The van der Waals surface area contributed by atoms with Crippen LogP contribution in [0.15, 0.2) is 0 Å². The van der Waals surface area contributed by atoms with Crippen LogP contribution < -0.4 is 5.32 Å². The lowest BCUT2D eigenvalue weighted by molar-refractivity contribution is -0.123. The number of hydrogen-bond acceptors (Lipinski definition) is 3. The predicted molar refractivity (Wildman–Crippen MR) is 76.6 cm³/mol. The van der Waals surface area contributed by atoms with Gasteiger partial charge in [-0.3, -0.25) is 4.79 Å². The van der Waals surface area contributed by atoms with E-state index in [1.165, 1.54) is 26.7 Å². The van der Waals surface area contributed by atoms with Crippen molar-refractivity contribution >= 4 is 31.7 Å². The molecule has 2 unspecified atom stereocenters. The van der Waals surface area contributed by atoms with Gasteiger partial charge in [0.05, 0.1) is 0 Å². The van der Waals surface area contributed by atoms with Crippen LogP contribution in [0.5, 0.6) is 0 Å². The Hall–Kier alpha value is -0.100. The summed E-state index contributed by atoms with van der Waals surface area (Å²) in [7, 11) is -3.39. The van der Waals surface area contributed by atoms with Crippen LogP contribution in [0.1, 0.15) is 39.5 Å². The topological polar surface area (TPSA) is 63.2 Å². The molecular weight excluding hydrogens is 318 g/mol. The maximum absolute atomic E-state index is 12.0. The number of nitrogens with one attached hydrogen (secondary N) is 1. The maximum Gasteiger partial charge on any atom is 0.240 e. The Labute approximate surface area is 118 Å². The van der Waals surface area contributed by atoms with E-state index in [1.54, 1.807) is 0 Å². The molecule has 1 amide bonds. The van der Waals surface area contributed by atoms with Gasteiger partial charge in [0.15, 0.2) is 9.84 Å². The predicted octanol–water partition coefficient (Wildman–Crippen LogP) is 1.88. The molecule has 18 heavy (non-hydrogen) atoms. The third kappa shape index (κ3) is 3.70. The molecule has 1 N–H and O–H groups in total. The number of carbonyl (C=O) groups is 1. The summed E-state index contributed by atoms with van der Waals surface area (Å²) in [6, 6.07) is 0. The second-order valence-corrected chi connectivity index (χ2v) is 9.29. The van der Waals surface area contributed by atoms with Crippen LogP contribution in [0.4, 0.5) is 0 Å². The molecular formula is C12H22BrNO3S. The first-order chi connectivity index (χ1) is 8.16. The summed E-state index contributed by atoms with van der Waals surface area (Å²) in [5.74, 6) is -0.00617. The number of carbonyl (C=O) groups excluding carboxylic acids is 1. The van der Waals surface area contributed by atoms with Crippen LogP contribution in [-0.4, -0.2) is 36.7 Å². The number of halogens is 1. The Morgan fingerprint density at radius 3 is 2.39 bits per heavy atom. The summed E-state index contributed by atoms with van der Waals surface area (Å²) in [5, 5.41) is 2.78. The van der Waals surface area contributed by atoms with E-state index in [0.29, 0.717) is 17.3 Å². The standard InChI is InChI=1S/C12H22BrNO3S/c1-12(2,18(3,16)17)11(15)14-8-9-6-4-5-7-10(9)13/h9-10H,4-8H2,1-3H3,(H,14,15). The van der Waals surface area contributed by atoms with Gasteiger partial charge in [0, 0.05) is 17.6 Å². The SMILES string of the molecule is CC(C)(C(=O)NCC1CCCCC1Br)S(C)(=O)=O. The van der Waals surface area contributed by atoms with Crippen LogP contribution in [-0.2, 0) is 14.6 Å². The van der Waals surface area contributed by atoms with E-state index in [4.69, 9.17) is 0 Å². The molecule has 2 atom stereocenters. The molecule has 0 radical (unpaired) electrons. The zero-order valence-corrected chi connectivity index (χ0v) is 13.6. The molecule has 0 bridgehead atoms. The summed E-state index contributed by atoms with van der Waals surface area (Å²) in [4.78, 5) is 12.4. The molecule has 1 fully saturated rings. The fourth-order valence-corrected chi connectivity index (χ4v) is 3.18. The highest BCUT2D eigenvalue weighted by atomic mass is 79.9. The highest BCUT2D eigenvalue weighted by molar-refractivity contribution is 9.09. The fraction of sp³-hybridized carbons (Fsp3) is 0.917. The Balaban J connectivity index is 2.56. The van der Waals surface area contributed by atoms with Crippen LogP contribution in [0, 0.1) is 5.92 Å². The van der Waals surface area contributed by atoms with Gasteiger partial charge in [-0.25, -0.2) is 8.42 Å². The summed E-state index contributed by atoms with van der Waals surface area (Å²) in [6.45, 7) is 3.45. The molecule has 1 aliphatic carbocycles. The van der Waals surface area contributed by atoms with Crippen molar-refractivity contribution in [1.29, 1.82) is 0 Å². The smallest absolute Gasteiger partial charge is 0.240 e. The van der Waals surface area contributed by atoms with Crippen LogP contribution in [0.25, 0.3) is 0 Å². The Kier molecular flexibility index (Phi) is 5.23. The van der Waals surface area contributed by atoms with Crippen LogP contribution in [0.2, 0.25) is 0 Å². The zero-order valence-electron chi connectivity index (χ0n) is 11.2. The van der Waals surface area contributed by atoms with E-state index in [0.717, 1.165) is 19.1 Å². The lowest BCUT2D eigenvalue weighted by atomic mass is 9.89. The Morgan fingerprint density at radius 2 is 1.89 bits per heavy atom. The van der Waals surface area contributed by atoms with Crippen molar-refractivity contribution in [1.82, 2.24) is 5.32 Å². The molecule has 1 saturated carbocycles. The molecule has 0 aromatic carbocycles. The minimum absolute atomic E-state index is 0.401. The Bertz CT molecular complexity index is 406. The van der Waals surface area contributed by atoms with Gasteiger partial charge in [0.25, 0.3) is 0 Å². The maximum atomic E-state index is 12.0. The van der Waals surface area contributed by atoms with Gasteiger partial charge in [-0.15, -0.1) is 0 Å². The molecule has 0 aromatic rings. The highest BCUT2D eigenvalue weighted by Gasteiger charge is 2.38. The average Bonchev–Trinajstić information content (AvgIpc) is 2.26. The van der Waals surface area contributed by atoms with Crippen LogP contribution in [0.3, 0.4) is 0 Å². The van der Waals surface area contributed by atoms with Crippen molar-refractivity contribution in [2.75, 3.05) is 12.8 Å². The first kappa shape index (κ1) is 16.0. The fourth-order valence-electron chi connectivity index (χ4n) is 2.00. The van der Waals surface area contributed by atoms with Gasteiger partial charge in [0.2, 0.25) is 5.91 Å². The number of amides is 1. The number of sulfone groups is 1. The van der Waals surface area contributed by atoms with Crippen molar-refractivity contribution in [2.24, 2.45) is 5.92 Å². The van der Waals surface area contributed by atoms with E-state index in [2.05, 4.69) is 21.2 Å². The second kappa shape index (κ2) is 5.90. The van der Waals surface area contributed by atoms with Gasteiger partial charge in [0.1, 0.15) is 4.75 Å². The van der Waals surface area contributed by atoms with E-state index < -0.39 is 20.5 Å². The van der Waals surface area contributed by atoms with Gasteiger partial charge in [-0.1, -0.05) is 28.8 Å². The minimum Gasteiger partial charge on any atom is -0.354 e. The van der Waals surface area contributed by atoms with Crippen molar-refractivity contribution in [3.63, 3.8) is 0 Å². The van der Waals surface area contributed by atoms with Crippen molar-refractivity contribution in [3.8, 4) is 0 Å². The number of alkyl halides is 1. The molecule has 4 nitrogen and oxygen atoms in total. The largest absolute Gasteiger partial charge is 0.354 e. The average molecular weight is 340 g/mol. The normalized spacial score (nSPS) is 25.8. The van der Waals surface area contributed by atoms with Crippen LogP contribution >= 0.6 is 15.9 Å². The Morgan fingerprint density at radius 1 is 1.33 bits per heavy atom. The second-order valence-electron chi connectivity index (χ2n) is 5.55. The molecule has 0 aliphatic heterocycles. The zero-order chi connectivity index (χ0) is 14.0. The lowest BCUT2D eigenvalue weighted by Crippen LogP contribution is -2.49. The van der Waals surface area contributed by atoms with Crippen molar-refractivity contribution in [2.45, 2.75) is 49.1 Å². The number of rotatable bonds is 4. The van der Waals surface area contributed by atoms with E-state index in [9.17, 15) is 13.2 Å². The number of hydrogen-bond donors (Lipinski definition) is 1. The summed E-state index contributed by atoms with van der Waals surface area (Å²) >= 11 is 3.63. The van der Waals surface area contributed by atoms with Gasteiger partial charge >= 0.3 is 0 Å². The summed E-state index contributed by atoms with van der Waals surface area (Å²) < 4.78 is 21.7. The third-order valence-corrected chi connectivity index (χ3v) is 7.06. The molecule has 1 aliphatic rings. The monoisotopic (exact) mass is 339 g/mol. The summed E-state index contributed by atoms with van der Waals surface area (Å²) in [6.07, 6.45) is 5.69. The molecule has 0 aromatic heterocycles. The van der Waals surface area contributed by atoms with Gasteiger partial charge < -0.3 is 5.32 Å². The van der Waals surface area contributed by atoms with Gasteiger partial charge in [-0.2, -0.15) is 0 Å². The summed E-state index contributed by atoms with van der Waals surface area (Å²) in [5.41, 5.74) is 0.